The van der Waals surface area contributed by atoms with E-state index < -0.39 is 8.80 Å². The molecule has 0 spiro atoms. The van der Waals surface area contributed by atoms with E-state index in [1.165, 1.54) is 0 Å². The fourth-order valence-electron chi connectivity index (χ4n) is 1.85. The summed E-state index contributed by atoms with van der Waals surface area (Å²) >= 11 is 1.95. The van der Waals surface area contributed by atoms with Crippen LogP contribution in [0.15, 0.2) is 18.7 Å². The van der Waals surface area contributed by atoms with Gasteiger partial charge >= 0.3 is 8.80 Å². The van der Waals surface area contributed by atoms with Crippen LogP contribution in [0.3, 0.4) is 0 Å². The van der Waals surface area contributed by atoms with Crippen molar-refractivity contribution in [1.29, 1.82) is 0 Å². The first kappa shape index (κ1) is 16.7. The Labute approximate surface area is 121 Å². The van der Waals surface area contributed by atoms with E-state index in [1.54, 1.807) is 21.3 Å². The predicted octanol–water partition coefficient (Wildman–Crippen LogP) is 1.31. The number of imidazole rings is 1. The largest absolute Gasteiger partial charge is 0.500 e. The zero-order chi connectivity index (χ0) is 14.1. The maximum absolute atomic E-state index is 5.39. The maximum Gasteiger partial charge on any atom is 0.500 e. The van der Waals surface area contributed by atoms with Crippen LogP contribution in [0.25, 0.3) is 0 Å². The number of aryl methyl sites for hydroxylation is 2. The highest BCUT2D eigenvalue weighted by Gasteiger charge is 2.36. The second-order valence-corrected chi connectivity index (χ2v) is 8.64. The number of hydrogen-bond donors (Lipinski definition) is 0. The Bertz CT molecular complexity index is 350. The van der Waals surface area contributed by atoms with Gasteiger partial charge in [-0.15, -0.1) is 0 Å². The van der Waals surface area contributed by atoms with Gasteiger partial charge in [0.1, 0.15) is 12.4 Å². The molecule has 5 nitrogen and oxygen atoms in total. The van der Waals surface area contributed by atoms with Crippen LogP contribution >= 0.6 is 11.8 Å². The molecule has 0 aliphatic heterocycles. The van der Waals surface area contributed by atoms with Gasteiger partial charge in [-0.1, -0.05) is 0 Å². The molecule has 0 amide bonds. The van der Waals surface area contributed by atoms with Crippen molar-refractivity contribution in [3.8, 4) is 0 Å². The molecule has 1 rings (SSSR count). The fraction of sp³-hybridized carbons (Fsp3) is 0.750. The molecule has 0 aromatic carbocycles. The second kappa shape index (κ2) is 8.75. The summed E-state index contributed by atoms with van der Waals surface area (Å²) in [5.41, 5.74) is 0. The minimum atomic E-state index is -2.36. The highest BCUT2D eigenvalue weighted by molar-refractivity contribution is 7.99. The Kier molecular flexibility index (Phi) is 7.70. The summed E-state index contributed by atoms with van der Waals surface area (Å²) in [4.78, 5) is 0. The molecular weight excluding hydrogens is 280 g/mol. The third-order valence-corrected chi connectivity index (χ3v) is 6.90. The Morgan fingerprint density at radius 1 is 1.16 bits per heavy atom. The summed E-state index contributed by atoms with van der Waals surface area (Å²) in [5, 5.41) is 0. The minimum absolute atomic E-state index is 0.877. The summed E-state index contributed by atoms with van der Waals surface area (Å²) in [7, 11) is 4.67. The Morgan fingerprint density at radius 2 is 1.84 bits per heavy atom. The monoisotopic (exact) mass is 305 g/mol. The van der Waals surface area contributed by atoms with E-state index in [9.17, 15) is 0 Å². The third-order valence-electron chi connectivity index (χ3n) is 3.02. The molecule has 0 saturated carbocycles. The van der Waals surface area contributed by atoms with Gasteiger partial charge in [0.15, 0.2) is 0 Å². The van der Waals surface area contributed by atoms with E-state index in [1.807, 2.05) is 18.8 Å². The number of aromatic nitrogens is 2. The molecule has 1 aromatic rings. The summed E-state index contributed by atoms with van der Waals surface area (Å²) in [5.74, 6) is 2.23. The molecule has 19 heavy (non-hydrogen) atoms. The van der Waals surface area contributed by atoms with E-state index >= 15 is 0 Å². The van der Waals surface area contributed by atoms with Gasteiger partial charge in [-0.3, -0.25) is 0 Å². The second-order valence-electron chi connectivity index (χ2n) is 4.33. The molecule has 7 heteroatoms. The lowest BCUT2D eigenvalue weighted by Gasteiger charge is -2.24. The number of hydrogen-bond acceptors (Lipinski definition) is 4. The molecule has 0 bridgehead atoms. The van der Waals surface area contributed by atoms with Gasteiger partial charge in [0.05, 0.1) is 13.6 Å². The van der Waals surface area contributed by atoms with Crippen molar-refractivity contribution in [2.45, 2.75) is 19.0 Å². The van der Waals surface area contributed by atoms with E-state index in [2.05, 4.69) is 27.9 Å². The first-order chi connectivity index (χ1) is 9.15. The molecule has 0 N–H and O–H groups in total. The van der Waals surface area contributed by atoms with Crippen molar-refractivity contribution < 1.29 is 17.8 Å². The normalized spacial score (nSPS) is 12.0. The average molecular weight is 305 g/mol. The first-order valence-electron chi connectivity index (χ1n) is 6.40. The molecule has 0 atom stereocenters. The van der Waals surface area contributed by atoms with Crippen LogP contribution in [0.5, 0.6) is 0 Å². The van der Waals surface area contributed by atoms with Crippen molar-refractivity contribution in [2.24, 2.45) is 7.05 Å². The lowest BCUT2D eigenvalue weighted by atomic mass is 10.6. The van der Waals surface area contributed by atoms with Gasteiger partial charge in [0.25, 0.3) is 0 Å². The smallest absolute Gasteiger partial charge is 0.377 e. The highest BCUT2D eigenvalue weighted by Crippen LogP contribution is 2.17. The lowest BCUT2D eigenvalue weighted by molar-refractivity contribution is -0.671. The van der Waals surface area contributed by atoms with E-state index in [0.717, 1.165) is 30.5 Å². The van der Waals surface area contributed by atoms with Gasteiger partial charge < -0.3 is 13.3 Å². The van der Waals surface area contributed by atoms with Gasteiger partial charge in [-0.2, -0.15) is 11.8 Å². The van der Waals surface area contributed by atoms with Crippen LogP contribution < -0.4 is 4.57 Å². The zero-order valence-corrected chi connectivity index (χ0v) is 14.1. The van der Waals surface area contributed by atoms with Crippen molar-refractivity contribution in [2.75, 3.05) is 32.8 Å². The molecule has 0 radical (unpaired) electrons. The molecule has 0 unspecified atom stereocenters. The van der Waals surface area contributed by atoms with Crippen molar-refractivity contribution >= 4 is 20.6 Å². The van der Waals surface area contributed by atoms with Gasteiger partial charge in [-0.25, -0.2) is 9.13 Å². The van der Waals surface area contributed by atoms with Crippen LogP contribution in [0.1, 0.15) is 6.42 Å². The van der Waals surface area contributed by atoms with Gasteiger partial charge in [0.2, 0.25) is 6.33 Å². The summed E-state index contributed by atoms with van der Waals surface area (Å²) < 4.78 is 20.4. The first-order valence-corrected chi connectivity index (χ1v) is 9.48. The molecular formula is C12H25N2O3SSi+. The molecule has 0 aliphatic carbocycles. The van der Waals surface area contributed by atoms with E-state index in [4.69, 9.17) is 13.3 Å². The van der Waals surface area contributed by atoms with Crippen molar-refractivity contribution in [1.82, 2.24) is 4.57 Å². The fourth-order valence-corrected chi connectivity index (χ4v) is 4.72. The minimum Gasteiger partial charge on any atom is -0.377 e. The van der Waals surface area contributed by atoms with Crippen LogP contribution in [-0.4, -0.2) is 46.2 Å². The number of rotatable bonds is 10. The van der Waals surface area contributed by atoms with Gasteiger partial charge in [0, 0.05) is 33.1 Å². The van der Waals surface area contributed by atoms with Crippen LogP contribution in [0.4, 0.5) is 0 Å². The molecule has 1 aromatic heterocycles. The van der Waals surface area contributed by atoms with Crippen molar-refractivity contribution in [3.63, 3.8) is 0 Å². The quantitative estimate of drug-likeness (QED) is 0.371. The Balaban J connectivity index is 2.11. The Morgan fingerprint density at radius 3 is 2.37 bits per heavy atom. The standard InChI is InChI=1S/C12H25N2O3SSi/c1-13-6-7-14(12-13)8-10-18-9-5-11-19(15-2,16-3)17-4/h6-7,12H,5,8-11H2,1-4H3/q+1. The SMILES string of the molecule is CO[Si](CCCSCCn1cc[n+](C)c1)(OC)OC. The summed E-state index contributed by atoms with van der Waals surface area (Å²) in [6.45, 7) is 1.05. The summed E-state index contributed by atoms with van der Waals surface area (Å²) in [6.07, 6.45) is 7.31. The lowest BCUT2D eigenvalue weighted by Crippen LogP contribution is -2.42. The van der Waals surface area contributed by atoms with E-state index in [0.29, 0.717) is 0 Å². The average Bonchev–Trinajstić information content (AvgIpc) is 2.85. The highest BCUT2D eigenvalue weighted by atomic mass is 32.2. The number of nitrogens with zero attached hydrogens (tertiary/aromatic N) is 2. The Hall–Kier alpha value is -0.343. The van der Waals surface area contributed by atoms with Crippen molar-refractivity contribution in [3.05, 3.63) is 18.7 Å². The topological polar surface area (TPSA) is 36.5 Å². The molecule has 1 heterocycles. The van der Waals surface area contributed by atoms with Crippen LogP contribution in [0.2, 0.25) is 6.04 Å². The van der Waals surface area contributed by atoms with Crippen LogP contribution in [0, 0.1) is 0 Å². The molecule has 0 saturated heterocycles. The number of thioether (sulfide) groups is 1. The summed E-state index contributed by atoms with van der Waals surface area (Å²) in [6, 6.07) is 0.877. The zero-order valence-electron chi connectivity index (χ0n) is 12.3. The molecule has 0 aliphatic rings. The molecule has 0 fully saturated rings. The molecule has 110 valence electrons. The van der Waals surface area contributed by atoms with Crippen LogP contribution in [-0.2, 0) is 26.9 Å². The third kappa shape index (κ3) is 5.66. The van der Waals surface area contributed by atoms with E-state index in [-0.39, 0.29) is 0 Å². The predicted molar refractivity (Wildman–Crippen MR) is 79.1 cm³/mol. The maximum atomic E-state index is 5.39. The van der Waals surface area contributed by atoms with Gasteiger partial charge in [-0.05, 0) is 12.2 Å².